The van der Waals surface area contributed by atoms with E-state index >= 15 is 0 Å². The maximum absolute atomic E-state index is 12.5. The van der Waals surface area contributed by atoms with Crippen LogP contribution in [-0.4, -0.2) is 44.3 Å². The van der Waals surface area contributed by atoms with E-state index in [0.29, 0.717) is 12.4 Å². The van der Waals surface area contributed by atoms with Gasteiger partial charge in [0.25, 0.3) is 5.91 Å². The van der Waals surface area contributed by atoms with Crippen LogP contribution in [0, 0.1) is 0 Å². The van der Waals surface area contributed by atoms with Gasteiger partial charge in [0, 0.05) is 9.86 Å². The lowest BCUT2D eigenvalue weighted by Gasteiger charge is -2.21. The van der Waals surface area contributed by atoms with Crippen molar-refractivity contribution >= 4 is 71.7 Å². The maximum Gasteiger partial charge on any atom is 0.274 e. The van der Waals surface area contributed by atoms with Gasteiger partial charge < -0.3 is 5.11 Å². The number of benzene rings is 2. The van der Waals surface area contributed by atoms with E-state index in [9.17, 15) is 9.90 Å². The van der Waals surface area contributed by atoms with Gasteiger partial charge in [0.15, 0.2) is 10.0 Å². The summed E-state index contributed by atoms with van der Waals surface area (Å²) in [5.74, 6) is -0.194. The molecule has 1 N–H and O–H groups in total. The van der Waals surface area contributed by atoms with Gasteiger partial charge in [-0.3, -0.25) is 14.3 Å². The average Bonchev–Trinajstić information content (AvgIpc) is 3.23. The molecule has 4 aromatic rings. The number of para-hydroxylation sites is 1. The van der Waals surface area contributed by atoms with E-state index in [-0.39, 0.29) is 17.5 Å². The molecule has 34 heavy (non-hydrogen) atoms. The molecule has 2 aromatic carbocycles. The van der Waals surface area contributed by atoms with Crippen molar-refractivity contribution in [3.8, 4) is 5.88 Å². The van der Waals surface area contributed by atoms with Crippen LogP contribution in [-0.2, 0) is 11.5 Å². The fourth-order valence-corrected chi connectivity index (χ4v) is 6.39. The highest BCUT2D eigenvalue weighted by atomic mass is 79.9. The van der Waals surface area contributed by atoms with Crippen molar-refractivity contribution in [2.75, 3.05) is 18.8 Å². The summed E-state index contributed by atoms with van der Waals surface area (Å²) in [5, 5.41) is 19.9. The summed E-state index contributed by atoms with van der Waals surface area (Å²) in [6.45, 7) is 2.60. The van der Waals surface area contributed by atoms with E-state index in [1.165, 1.54) is 37.4 Å². The van der Waals surface area contributed by atoms with Gasteiger partial charge in [-0.1, -0.05) is 52.7 Å². The number of azo groups is 1. The van der Waals surface area contributed by atoms with Gasteiger partial charge in [-0.05, 0) is 56.3 Å². The molecule has 0 bridgehead atoms. The van der Waals surface area contributed by atoms with Crippen LogP contribution in [0.5, 0.6) is 5.88 Å². The normalized spacial score (nSPS) is 15.4. The third-order valence-electron chi connectivity index (χ3n) is 5.87. The molecule has 1 aliphatic heterocycles. The molecule has 1 fully saturated rings. The highest BCUT2D eigenvalue weighted by Crippen LogP contribution is 2.40. The van der Waals surface area contributed by atoms with Crippen LogP contribution in [0.3, 0.4) is 0 Å². The SMILES string of the molecule is O=C(CSc1nc2ccccc2s1)N=Nc1c(O)n(CN2CCCCCC2)c2ccc(Br)cc12. The highest BCUT2D eigenvalue weighted by Gasteiger charge is 2.20. The monoisotopic (exact) mass is 557 g/mol. The zero-order chi connectivity index (χ0) is 23.5. The van der Waals surface area contributed by atoms with Crippen molar-refractivity contribution in [3.05, 3.63) is 46.9 Å². The number of fused-ring (bicyclic) bond motifs is 2. The quantitative estimate of drug-likeness (QED) is 0.204. The van der Waals surface area contributed by atoms with E-state index in [0.717, 1.165) is 43.0 Å². The first kappa shape index (κ1) is 23.5. The first-order valence-electron chi connectivity index (χ1n) is 11.2. The van der Waals surface area contributed by atoms with Crippen LogP contribution in [0.25, 0.3) is 21.1 Å². The molecule has 1 aliphatic rings. The lowest BCUT2D eigenvalue weighted by Crippen LogP contribution is -2.27. The average molecular weight is 559 g/mol. The zero-order valence-electron chi connectivity index (χ0n) is 18.5. The van der Waals surface area contributed by atoms with Gasteiger partial charge in [-0.25, -0.2) is 4.98 Å². The molecular weight excluding hydrogens is 534 g/mol. The minimum atomic E-state index is -0.368. The van der Waals surface area contributed by atoms with E-state index in [4.69, 9.17) is 0 Å². The summed E-state index contributed by atoms with van der Waals surface area (Å²) in [4.78, 5) is 19.4. The van der Waals surface area contributed by atoms with Crippen molar-refractivity contribution < 1.29 is 9.90 Å². The molecule has 1 amide bonds. The number of carbonyl (C=O) groups excluding carboxylic acids is 1. The van der Waals surface area contributed by atoms with E-state index in [2.05, 4.69) is 36.0 Å². The molecule has 0 atom stereocenters. The molecule has 0 spiro atoms. The van der Waals surface area contributed by atoms with Gasteiger partial charge >= 0.3 is 0 Å². The largest absolute Gasteiger partial charge is 0.493 e. The van der Waals surface area contributed by atoms with Gasteiger partial charge in [0.2, 0.25) is 5.88 Å². The Labute approximate surface area is 214 Å². The lowest BCUT2D eigenvalue weighted by atomic mass is 10.2. The Hall–Kier alpha value is -2.27. The second kappa shape index (κ2) is 10.6. The number of likely N-dealkylation sites (tertiary alicyclic amines) is 1. The number of hydrogen-bond acceptors (Lipinski definition) is 7. The second-order valence-corrected chi connectivity index (χ2v) is 11.4. The number of aromatic hydroxyl groups is 1. The van der Waals surface area contributed by atoms with Crippen molar-refractivity contribution in [1.82, 2.24) is 14.5 Å². The smallest absolute Gasteiger partial charge is 0.274 e. The van der Waals surface area contributed by atoms with Crippen LogP contribution in [0.15, 0.2) is 61.5 Å². The molecule has 0 aliphatic carbocycles. The molecule has 10 heteroatoms. The van der Waals surface area contributed by atoms with Crippen molar-refractivity contribution in [2.24, 2.45) is 10.2 Å². The molecule has 3 heterocycles. The Bertz CT molecular complexity index is 1330. The van der Waals surface area contributed by atoms with Crippen molar-refractivity contribution in [1.29, 1.82) is 0 Å². The summed E-state index contributed by atoms with van der Waals surface area (Å²) in [7, 11) is 0. The van der Waals surface area contributed by atoms with E-state index in [1.807, 2.05) is 47.0 Å². The third-order valence-corrected chi connectivity index (χ3v) is 8.52. The summed E-state index contributed by atoms with van der Waals surface area (Å²) >= 11 is 6.41. The number of aromatic nitrogens is 2. The van der Waals surface area contributed by atoms with Crippen LogP contribution >= 0.6 is 39.0 Å². The third kappa shape index (κ3) is 5.19. The second-order valence-electron chi connectivity index (χ2n) is 8.27. The van der Waals surface area contributed by atoms with Crippen LogP contribution in [0.1, 0.15) is 25.7 Å². The van der Waals surface area contributed by atoms with Gasteiger partial charge in [-0.2, -0.15) is 0 Å². The fourth-order valence-electron chi connectivity index (χ4n) is 4.19. The Balaban J connectivity index is 1.35. The Morgan fingerprint density at radius 2 is 1.94 bits per heavy atom. The van der Waals surface area contributed by atoms with Gasteiger partial charge in [0.1, 0.15) is 0 Å². The standard InChI is InChI=1S/C24H24BrN5O2S2/c25-16-9-10-19-17(13-16)22(23(32)30(19)15-29-11-5-1-2-6-12-29)28-27-21(31)14-33-24-26-18-7-3-4-8-20(18)34-24/h3-4,7-10,13,32H,1-2,5-6,11-12,14-15H2. The van der Waals surface area contributed by atoms with Gasteiger partial charge in [0.05, 0.1) is 28.2 Å². The summed E-state index contributed by atoms with van der Waals surface area (Å²) < 4.78 is 4.65. The predicted molar refractivity (Wildman–Crippen MR) is 141 cm³/mol. The molecule has 2 aromatic heterocycles. The number of carbonyl (C=O) groups is 1. The number of thioether (sulfide) groups is 1. The lowest BCUT2D eigenvalue weighted by molar-refractivity contribution is -0.115. The van der Waals surface area contributed by atoms with E-state index < -0.39 is 0 Å². The van der Waals surface area contributed by atoms with Crippen LogP contribution in [0.2, 0.25) is 0 Å². The highest BCUT2D eigenvalue weighted by molar-refractivity contribution is 9.10. The van der Waals surface area contributed by atoms with Crippen molar-refractivity contribution in [2.45, 2.75) is 36.7 Å². The number of rotatable bonds is 6. The summed E-state index contributed by atoms with van der Waals surface area (Å²) in [6, 6.07) is 13.7. The Kier molecular flexibility index (Phi) is 7.29. The molecule has 7 nitrogen and oxygen atoms in total. The topological polar surface area (TPSA) is 83.1 Å². The molecular formula is C24H24BrN5O2S2. The first-order valence-corrected chi connectivity index (χ1v) is 13.8. The number of hydrogen-bond donors (Lipinski definition) is 1. The molecule has 0 unspecified atom stereocenters. The summed E-state index contributed by atoms with van der Waals surface area (Å²) in [6.07, 6.45) is 4.83. The number of nitrogens with zero attached hydrogens (tertiary/aromatic N) is 5. The molecule has 0 saturated carbocycles. The number of thiazole rings is 1. The predicted octanol–water partition coefficient (Wildman–Crippen LogP) is 6.96. The van der Waals surface area contributed by atoms with Crippen LogP contribution in [0.4, 0.5) is 5.69 Å². The molecule has 0 radical (unpaired) electrons. The van der Waals surface area contributed by atoms with Gasteiger partial charge in [-0.15, -0.1) is 21.6 Å². The number of halogens is 1. The Morgan fingerprint density at radius 3 is 2.74 bits per heavy atom. The molecule has 1 saturated heterocycles. The van der Waals surface area contributed by atoms with Crippen LogP contribution < -0.4 is 0 Å². The number of amides is 1. The molecule has 5 rings (SSSR count). The fraction of sp³-hybridized carbons (Fsp3) is 0.333. The van der Waals surface area contributed by atoms with E-state index in [1.54, 1.807) is 11.3 Å². The maximum atomic E-state index is 12.5. The molecule has 176 valence electrons. The zero-order valence-corrected chi connectivity index (χ0v) is 21.7. The summed E-state index contributed by atoms with van der Waals surface area (Å²) in [5.41, 5.74) is 2.12. The van der Waals surface area contributed by atoms with Crippen molar-refractivity contribution in [3.63, 3.8) is 0 Å². The Morgan fingerprint density at radius 1 is 1.15 bits per heavy atom. The minimum Gasteiger partial charge on any atom is -0.493 e. The first-order chi connectivity index (χ1) is 16.6. The minimum absolute atomic E-state index is 0.0349.